The summed E-state index contributed by atoms with van der Waals surface area (Å²) in [7, 11) is 1.85. The van der Waals surface area contributed by atoms with Crippen LogP contribution in [0.15, 0.2) is 29.4 Å². The SMILES string of the molecule is CN=C(NCC(C)N1CCOCC1C)NC1CCN(c2ccccn2)CC1.I. The number of nitrogens with zero attached hydrogens (tertiary/aromatic N) is 4. The van der Waals surface area contributed by atoms with Crippen molar-refractivity contribution in [2.45, 2.75) is 44.8 Å². The highest BCUT2D eigenvalue weighted by molar-refractivity contribution is 14.0. The van der Waals surface area contributed by atoms with Crippen LogP contribution < -0.4 is 15.5 Å². The maximum absolute atomic E-state index is 5.54. The number of aromatic nitrogens is 1. The van der Waals surface area contributed by atoms with Gasteiger partial charge in [-0.2, -0.15) is 0 Å². The van der Waals surface area contributed by atoms with E-state index < -0.39 is 0 Å². The molecule has 3 heterocycles. The van der Waals surface area contributed by atoms with E-state index in [0.717, 1.165) is 64.0 Å². The van der Waals surface area contributed by atoms with E-state index in [4.69, 9.17) is 4.74 Å². The Hall–Kier alpha value is -1.13. The summed E-state index contributed by atoms with van der Waals surface area (Å²) in [6, 6.07) is 7.48. The minimum absolute atomic E-state index is 0. The lowest BCUT2D eigenvalue weighted by Crippen LogP contribution is -2.54. The lowest BCUT2D eigenvalue weighted by atomic mass is 10.1. The predicted molar refractivity (Wildman–Crippen MR) is 126 cm³/mol. The average Bonchev–Trinajstić information content (AvgIpc) is 2.72. The minimum Gasteiger partial charge on any atom is -0.379 e. The maximum Gasteiger partial charge on any atom is 0.191 e. The molecule has 1 aromatic rings. The summed E-state index contributed by atoms with van der Waals surface area (Å²) >= 11 is 0. The quantitative estimate of drug-likeness (QED) is 0.365. The van der Waals surface area contributed by atoms with Gasteiger partial charge >= 0.3 is 0 Å². The largest absolute Gasteiger partial charge is 0.379 e. The highest BCUT2D eigenvalue weighted by Gasteiger charge is 2.24. The number of aliphatic imine (C=N–C) groups is 1. The van der Waals surface area contributed by atoms with Crippen molar-refractivity contribution in [1.29, 1.82) is 0 Å². The Labute approximate surface area is 186 Å². The zero-order valence-corrected chi connectivity index (χ0v) is 19.6. The molecule has 158 valence electrons. The molecule has 1 aromatic heterocycles. The van der Waals surface area contributed by atoms with Crippen LogP contribution >= 0.6 is 24.0 Å². The van der Waals surface area contributed by atoms with Crippen LogP contribution in [0.25, 0.3) is 0 Å². The molecular formula is C20H35IN6O. The first-order valence-corrected chi connectivity index (χ1v) is 10.1. The summed E-state index contributed by atoms with van der Waals surface area (Å²) in [4.78, 5) is 13.7. The van der Waals surface area contributed by atoms with E-state index >= 15 is 0 Å². The minimum atomic E-state index is 0. The number of piperidine rings is 1. The lowest BCUT2D eigenvalue weighted by molar-refractivity contribution is -0.0174. The number of ether oxygens (including phenoxy) is 1. The Morgan fingerprint density at radius 2 is 2.11 bits per heavy atom. The monoisotopic (exact) mass is 502 g/mol. The molecule has 2 aliphatic rings. The molecule has 2 saturated heterocycles. The van der Waals surface area contributed by atoms with Crippen molar-refractivity contribution in [2.24, 2.45) is 4.99 Å². The first kappa shape index (κ1) is 23.2. The molecule has 2 N–H and O–H groups in total. The second-order valence-electron chi connectivity index (χ2n) is 7.56. The number of pyridine rings is 1. The Morgan fingerprint density at radius 1 is 1.32 bits per heavy atom. The van der Waals surface area contributed by atoms with Crippen LogP contribution in [-0.4, -0.2) is 80.4 Å². The van der Waals surface area contributed by atoms with E-state index in [0.29, 0.717) is 18.1 Å². The summed E-state index contributed by atoms with van der Waals surface area (Å²) in [6.45, 7) is 10.1. The van der Waals surface area contributed by atoms with Crippen molar-refractivity contribution < 1.29 is 4.74 Å². The number of halogens is 1. The molecule has 0 aliphatic carbocycles. The van der Waals surface area contributed by atoms with Crippen LogP contribution in [-0.2, 0) is 4.74 Å². The topological polar surface area (TPSA) is 65.0 Å². The third-order valence-electron chi connectivity index (χ3n) is 5.58. The molecule has 0 bridgehead atoms. The van der Waals surface area contributed by atoms with Gasteiger partial charge in [-0.05, 0) is 38.8 Å². The van der Waals surface area contributed by atoms with E-state index in [1.165, 1.54) is 0 Å². The molecule has 28 heavy (non-hydrogen) atoms. The number of morpholine rings is 1. The van der Waals surface area contributed by atoms with Gasteiger partial charge in [0.2, 0.25) is 0 Å². The molecule has 2 unspecified atom stereocenters. The number of anilines is 1. The summed E-state index contributed by atoms with van der Waals surface area (Å²) in [5.41, 5.74) is 0. The van der Waals surface area contributed by atoms with E-state index in [9.17, 15) is 0 Å². The molecule has 0 amide bonds. The zero-order valence-electron chi connectivity index (χ0n) is 17.3. The van der Waals surface area contributed by atoms with Gasteiger partial charge in [0.05, 0.1) is 13.2 Å². The Balaban J connectivity index is 0.00000280. The number of hydrogen-bond donors (Lipinski definition) is 2. The first-order chi connectivity index (χ1) is 13.2. The van der Waals surface area contributed by atoms with Crippen molar-refractivity contribution >= 4 is 35.8 Å². The third kappa shape index (κ3) is 6.45. The van der Waals surface area contributed by atoms with Crippen LogP contribution in [0, 0.1) is 0 Å². The Bertz CT molecular complexity index is 594. The second kappa shape index (κ2) is 11.8. The van der Waals surface area contributed by atoms with Gasteiger partial charge in [-0.25, -0.2) is 4.98 Å². The molecule has 2 fully saturated rings. The van der Waals surface area contributed by atoms with Gasteiger partial charge in [0.25, 0.3) is 0 Å². The molecule has 0 spiro atoms. The molecule has 3 rings (SSSR count). The Kier molecular flexibility index (Phi) is 9.73. The third-order valence-corrected chi connectivity index (χ3v) is 5.58. The van der Waals surface area contributed by atoms with Gasteiger partial charge in [0.1, 0.15) is 5.82 Å². The highest BCUT2D eigenvalue weighted by atomic mass is 127. The summed E-state index contributed by atoms with van der Waals surface area (Å²) in [5, 5.41) is 7.10. The Morgan fingerprint density at radius 3 is 2.75 bits per heavy atom. The molecule has 0 radical (unpaired) electrons. The van der Waals surface area contributed by atoms with Crippen LogP contribution in [0.4, 0.5) is 5.82 Å². The van der Waals surface area contributed by atoms with Gasteiger partial charge in [-0.3, -0.25) is 9.89 Å². The fraction of sp³-hybridized carbons (Fsp3) is 0.700. The molecule has 2 atom stereocenters. The van der Waals surface area contributed by atoms with Crippen LogP contribution in [0.2, 0.25) is 0 Å². The van der Waals surface area contributed by atoms with Gasteiger partial charge in [0.15, 0.2) is 5.96 Å². The van der Waals surface area contributed by atoms with Gasteiger partial charge in [-0.15, -0.1) is 24.0 Å². The lowest BCUT2D eigenvalue weighted by Gasteiger charge is -2.38. The van der Waals surface area contributed by atoms with Crippen LogP contribution in [0.3, 0.4) is 0 Å². The van der Waals surface area contributed by atoms with Crippen LogP contribution in [0.1, 0.15) is 26.7 Å². The molecular weight excluding hydrogens is 467 g/mol. The molecule has 0 saturated carbocycles. The molecule has 2 aliphatic heterocycles. The van der Waals surface area contributed by atoms with E-state index in [-0.39, 0.29) is 24.0 Å². The van der Waals surface area contributed by atoms with Gasteiger partial charge in [-0.1, -0.05) is 6.07 Å². The standard InChI is InChI=1S/C20H34N6O.HI/c1-16(26-12-13-27-15-17(26)2)14-23-20(21-3)24-18-7-10-25(11-8-18)19-6-4-5-9-22-19;/h4-6,9,16-18H,7-8,10-15H2,1-3H3,(H2,21,23,24);1H. The van der Waals surface area contributed by atoms with Gasteiger partial charge < -0.3 is 20.3 Å². The van der Waals surface area contributed by atoms with Gasteiger partial charge in [0, 0.05) is 57.5 Å². The average molecular weight is 502 g/mol. The zero-order chi connectivity index (χ0) is 19.1. The van der Waals surface area contributed by atoms with Crippen molar-refractivity contribution in [2.75, 3.05) is 51.3 Å². The summed E-state index contributed by atoms with van der Waals surface area (Å²) in [5.74, 6) is 1.98. The normalized spacial score (nSPS) is 23.0. The number of hydrogen-bond acceptors (Lipinski definition) is 5. The van der Waals surface area contributed by atoms with E-state index in [1.54, 1.807) is 0 Å². The molecule has 7 nitrogen and oxygen atoms in total. The number of rotatable bonds is 5. The second-order valence-corrected chi connectivity index (χ2v) is 7.56. The smallest absolute Gasteiger partial charge is 0.191 e. The predicted octanol–water partition coefficient (Wildman–Crippen LogP) is 1.94. The molecule has 8 heteroatoms. The van der Waals surface area contributed by atoms with Crippen molar-refractivity contribution in [3.05, 3.63) is 24.4 Å². The van der Waals surface area contributed by atoms with Crippen LogP contribution in [0.5, 0.6) is 0 Å². The van der Waals surface area contributed by atoms with E-state index in [1.807, 2.05) is 19.3 Å². The number of guanidine groups is 1. The number of nitrogens with one attached hydrogen (secondary N) is 2. The summed E-state index contributed by atoms with van der Waals surface area (Å²) < 4.78 is 5.54. The van der Waals surface area contributed by atoms with Crippen molar-refractivity contribution in [1.82, 2.24) is 20.5 Å². The fourth-order valence-corrected chi connectivity index (χ4v) is 3.94. The maximum atomic E-state index is 5.54. The molecule has 0 aromatic carbocycles. The fourth-order valence-electron chi connectivity index (χ4n) is 3.94. The van der Waals surface area contributed by atoms with Crippen molar-refractivity contribution in [3.8, 4) is 0 Å². The first-order valence-electron chi connectivity index (χ1n) is 10.1. The van der Waals surface area contributed by atoms with E-state index in [2.05, 4.69) is 56.4 Å². The highest BCUT2D eigenvalue weighted by Crippen LogP contribution is 2.17. The summed E-state index contributed by atoms with van der Waals surface area (Å²) in [6.07, 6.45) is 4.04. The van der Waals surface area contributed by atoms with Crippen molar-refractivity contribution in [3.63, 3.8) is 0 Å².